The van der Waals surface area contributed by atoms with Gasteiger partial charge in [-0.3, -0.25) is 0 Å². The molecule has 0 aromatic heterocycles. The molecule has 2 aromatic rings. The highest BCUT2D eigenvalue weighted by atomic mass is 35.5. The van der Waals surface area contributed by atoms with Crippen LogP contribution in [0.3, 0.4) is 0 Å². The molecule has 2 rings (SSSR count). The molecule has 0 atom stereocenters. The summed E-state index contributed by atoms with van der Waals surface area (Å²) in [7, 11) is 0. The van der Waals surface area contributed by atoms with Crippen molar-refractivity contribution in [3.05, 3.63) is 64.2 Å². The number of aryl methyl sites for hydroxylation is 1. The fraction of sp³-hybridized carbons (Fsp3) is 0.133. The molecule has 0 saturated heterocycles. The van der Waals surface area contributed by atoms with Gasteiger partial charge in [0.25, 0.3) is 0 Å². The summed E-state index contributed by atoms with van der Waals surface area (Å²) in [5, 5.41) is 9.14. The van der Waals surface area contributed by atoms with Crippen LogP contribution >= 0.6 is 11.6 Å². The predicted molar refractivity (Wildman–Crippen MR) is 73.9 cm³/mol. The highest BCUT2D eigenvalue weighted by Crippen LogP contribution is 2.26. The van der Waals surface area contributed by atoms with E-state index >= 15 is 0 Å². The minimum absolute atomic E-state index is 0.146. The molecule has 0 bridgehead atoms. The summed E-state index contributed by atoms with van der Waals surface area (Å²) in [5.41, 5.74) is 2.35. The summed E-state index contributed by atoms with van der Waals surface area (Å²) in [6.07, 6.45) is 0. The summed E-state index contributed by atoms with van der Waals surface area (Å²) in [4.78, 5) is 10.8. The van der Waals surface area contributed by atoms with Crippen LogP contribution < -0.4 is 4.74 Å². The van der Waals surface area contributed by atoms with Gasteiger partial charge in [-0.2, -0.15) is 0 Å². The van der Waals surface area contributed by atoms with Gasteiger partial charge < -0.3 is 9.84 Å². The molecule has 2 aromatic carbocycles. The van der Waals surface area contributed by atoms with Crippen molar-refractivity contribution < 1.29 is 14.6 Å². The van der Waals surface area contributed by atoms with Crippen molar-refractivity contribution in [2.45, 2.75) is 13.5 Å². The van der Waals surface area contributed by atoms with Crippen LogP contribution in [-0.2, 0) is 6.61 Å². The van der Waals surface area contributed by atoms with Crippen LogP contribution in [0, 0.1) is 6.92 Å². The molecule has 0 amide bonds. The van der Waals surface area contributed by atoms with E-state index in [2.05, 4.69) is 0 Å². The van der Waals surface area contributed by atoms with Gasteiger partial charge in [-0.25, -0.2) is 4.79 Å². The summed E-state index contributed by atoms with van der Waals surface area (Å²) >= 11 is 5.98. The Morgan fingerprint density at radius 3 is 2.68 bits per heavy atom. The van der Waals surface area contributed by atoms with Gasteiger partial charge in [-0.05, 0) is 30.7 Å². The fourth-order valence-electron chi connectivity index (χ4n) is 1.71. The molecule has 98 valence electrons. The number of aromatic carboxylic acids is 1. The van der Waals surface area contributed by atoms with Crippen molar-refractivity contribution in [1.29, 1.82) is 0 Å². The number of halogens is 1. The molecule has 0 spiro atoms. The van der Waals surface area contributed by atoms with Gasteiger partial charge in [0.15, 0.2) is 0 Å². The first kappa shape index (κ1) is 13.4. The Labute approximate surface area is 116 Å². The van der Waals surface area contributed by atoms with Crippen molar-refractivity contribution in [3.8, 4) is 5.75 Å². The molecule has 0 aliphatic rings. The summed E-state index contributed by atoms with van der Waals surface area (Å²) in [6.45, 7) is 2.41. The number of carboxylic acid groups (broad SMARTS) is 1. The van der Waals surface area contributed by atoms with E-state index in [9.17, 15) is 4.79 Å². The van der Waals surface area contributed by atoms with Crippen molar-refractivity contribution >= 4 is 17.6 Å². The number of carbonyl (C=O) groups is 1. The highest BCUT2D eigenvalue weighted by Gasteiger charge is 2.08. The van der Waals surface area contributed by atoms with Gasteiger partial charge in [-0.1, -0.05) is 41.4 Å². The minimum atomic E-state index is -1.01. The van der Waals surface area contributed by atoms with Crippen LogP contribution in [0.4, 0.5) is 0 Å². The van der Waals surface area contributed by atoms with Crippen molar-refractivity contribution in [2.24, 2.45) is 0 Å². The number of carboxylic acids is 1. The van der Waals surface area contributed by atoms with Crippen molar-refractivity contribution in [1.82, 2.24) is 0 Å². The van der Waals surface area contributed by atoms with Crippen LogP contribution in [0.1, 0.15) is 21.5 Å². The third-order valence-electron chi connectivity index (χ3n) is 2.66. The molecule has 3 nitrogen and oxygen atoms in total. The van der Waals surface area contributed by atoms with E-state index < -0.39 is 5.97 Å². The van der Waals surface area contributed by atoms with Gasteiger partial charge in [0.05, 0.1) is 10.6 Å². The molecule has 0 radical (unpaired) electrons. The number of rotatable bonds is 4. The second-order valence-corrected chi connectivity index (χ2v) is 4.64. The Kier molecular flexibility index (Phi) is 4.07. The number of hydrogen-bond acceptors (Lipinski definition) is 2. The monoisotopic (exact) mass is 276 g/mol. The predicted octanol–water partition coefficient (Wildman–Crippen LogP) is 3.93. The summed E-state index contributed by atoms with van der Waals surface area (Å²) in [6, 6.07) is 12.4. The minimum Gasteiger partial charge on any atom is -0.487 e. The van der Waals surface area contributed by atoms with Crippen LogP contribution in [-0.4, -0.2) is 11.1 Å². The Balaban J connectivity index is 2.10. The smallest absolute Gasteiger partial charge is 0.335 e. The maximum atomic E-state index is 10.8. The second kappa shape index (κ2) is 5.76. The first-order chi connectivity index (χ1) is 9.06. The Morgan fingerprint density at radius 1 is 1.26 bits per heavy atom. The Morgan fingerprint density at radius 2 is 2.05 bits per heavy atom. The lowest BCUT2D eigenvalue weighted by molar-refractivity contribution is 0.0697. The molecule has 0 fully saturated rings. The number of hydrogen-bond donors (Lipinski definition) is 1. The fourth-order valence-corrected chi connectivity index (χ4v) is 1.95. The van der Waals surface area contributed by atoms with Gasteiger partial charge in [0, 0.05) is 0 Å². The molecular formula is C15H13ClO3. The molecule has 0 saturated carbocycles. The lowest BCUT2D eigenvalue weighted by Crippen LogP contribution is -1.99. The highest BCUT2D eigenvalue weighted by molar-refractivity contribution is 6.32. The molecule has 19 heavy (non-hydrogen) atoms. The molecule has 1 N–H and O–H groups in total. The topological polar surface area (TPSA) is 46.5 Å². The maximum Gasteiger partial charge on any atom is 0.335 e. The Hall–Kier alpha value is -2.00. The average molecular weight is 277 g/mol. The van der Waals surface area contributed by atoms with E-state index in [1.807, 2.05) is 31.2 Å². The first-order valence-electron chi connectivity index (χ1n) is 5.77. The van der Waals surface area contributed by atoms with Gasteiger partial charge in [0.1, 0.15) is 12.4 Å². The summed E-state index contributed by atoms with van der Waals surface area (Å²) in [5.74, 6) is -0.527. The van der Waals surface area contributed by atoms with Crippen LogP contribution in [0.15, 0.2) is 42.5 Å². The zero-order chi connectivity index (χ0) is 13.8. The third-order valence-corrected chi connectivity index (χ3v) is 2.95. The Bertz CT molecular complexity index is 608. The van der Waals surface area contributed by atoms with Gasteiger partial charge in [-0.15, -0.1) is 0 Å². The van der Waals surface area contributed by atoms with Crippen molar-refractivity contribution in [3.63, 3.8) is 0 Å². The molecule has 0 aliphatic heterocycles. The number of ether oxygens (including phenoxy) is 1. The maximum absolute atomic E-state index is 10.8. The zero-order valence-corrected chi connectivity index (χ0v) is 11.1. The van der Waals surface area contributed by atoms with E-state index in [0.29, 0.717) is 17.4 Å². The number of benzene rings is 2. The normalized spacial score (nSPS) is 10.2. The van der Waals surface area contributed by atoms with E-state index in [-0.39, 0.29) is 5.56 Å². The first-order valence-corrected chi connectivity index (χ1v) is 6.15. The van der Waals surface area contributed by atoms with Gasteiger partial charge >= 0.3 is 5.97 Å². The zero-order valence-electron chi connectivity index (χ0n) is 10.4. The van der Waals surface area contributed by atoms with Gasteiger partial charge in [0.2, 0.25) is 0 Å². The van der Waals surface area contributed by atoms with Crippen LogP contribution in [0.2, 0.25) is 5.02 Å². The second-order valence-electron chi connectivity index (χ2n) is 4.23. The lowest BCUT2D eigenvalue weighted by atomic mass is 10.1. The molecular weight excluding hydrogens is 264 g/mol. The van der Waals surface area contributed by atoms with E-state index in [1.165, 1.54) is 12.1 Å². The average Bonchev–Trinajstić information content (AvgIpc) is 2.37. The van der Waals surface area contributed by atoms with Crippen molar-refractivity contribution in [2.75, 3.05) is 0 Å². The van der Waals surface area contributed by atoms with E-state index in [4.69, 9.17) is 21.4 Å². The molecule has 0 heterocycles. The molecule has 0 unspecified atom stereocenters. The quantitative estimate of drug-likeness (QED) is 0.920. The summed E-state index contributed by atoms with van der Waals surface area (Å²) < 4.78 is 5.59. The lowest BCUT2D eigenvalue weighted by Gasteiger charge is -2.09. The largest absolute Gasteiger partial charge is 0.487 e. The van der Waals surface area contributed by atoms with E-state index in [0.717, 1.165) is 11.1 Å². The van der Waals surface area contributed by atoms with Crippen LogP contribution in [0.25, 0.3) is 0 Å². The third kappa shape index (κ3) is 3.48. The van der Waals surface area contributed by atoms with Crippen LogP contribution in [0.5, 0.6) is 5.75 Å². The molecule has 0 aliphatic carbocycles. The SMILES string of the molecule is Cc1cccc(COc2ccc(C(=O)O)cc2Cl)c1. The van der Waals surface area contributed by atoms with E-state index in [1.54, 1.807) is 6.07 Å². The molecule has 4 heteroatoms. The standard InChI is InChI=1S/C15H13ClO3/c1-10-3-2-4-11(7-10)9-19-14-6-5-12(15(17)18)8-13(14)16/h2-8H,9H2,1H3,(H,17,18).